The van der Waals surface area contributed by atoms with Crippen molar-refractivity contribution >= 4 is 17.6 Å². The third-order valence-corrected chi connectivity index (χ3v) is 3.21. The number of anilines is 1. The Hall–Kier alpha value is -1.84. The molecule has 110 valence electrons. The monoisotopic (exact) mass is 277 g/mol. The fraction of sp³-hybridized carbons (Fsp3) is 0.500. The minimum atomic E-state index is -0.884. The number of hydrogen-bond acceptors (Lipinski definition) is 2. The van der Waals surface area contributed by atoms with E-state index in [2.05, 4.69) is 5.32 Å². The van der Waals surface area contributed by atoms with Gasteiger partial charge in [-0.15, -0.1) is 0 Å². The van der Waals surface area contributed by atoms with Crippen LogP contribution in [-0.2, 0) is 9.59 Å². The normalized spacial score (nSPS) is 11.2. The maximum absolute atomic E-state index is 12.1. The van der Waals surface area contributed by atoms with Crippen LogP contribution in [-0.4, -0.2) is 17.0 Å². The van der Waals surface area contributed by atoms with Crippen LogP contribution in [0, 0.1) is 26.2 Å². The van der Waals surface area contributed by atoms with Gasteiger partial charge in [-0.05, 0) is 37.3 Å². The van der Waals surface area contributed by atoms with E-state index < -0.39 is 11.4 Å². The molecule has 1 amide bonds. The number of rotatable bonds is 5. The van der Waals surface area contributed by atoms with Crippen molar-refractivity contribution < 1.29 is 14.7 Å². The minimum absolute atomic E-state index is 0.0215. The molecule has 0 spiro atoms. The molecule has 0 fully saturated rings. The third kappa shape index (κ3) is 4.68. The van der Waals surface area contributed by atoms with E-state index >= 15 is 0 Å². The van der Waals surface area contributed by atoms with Gasteiger partial charge in [-0.25, -0.2) is 0 Å². The average Bonchev–Trinajstić information content (AvgIpc) is 2.20. The number of aryl methyl sites for hydroxylation is 3. The summed E-state index contributed by atoms with van der Waals surface area (Å²) in [7, 11) is 0. The van der Waals surface area contributed by atoms with Gasteiger partial charge < -0.3 is 10.4 Å². The van der Waals surface area contributed by atoms with Gasteiger partial charge in [-0.2, -0.15) is 0 Å². The van der Waals surface area contributed by atoms with E-state index in [4.69, 9.17) is 5.11 Å². The molecule has 0 bridgehead atoms. The summed E-state index contributed by atoms with van der Waals surface area (Å²) in [5, 5.41) is 11.7. The standard InChI is InChI=1S/C16H23NO3/c1-10-6-11(2)15(12(3)7-10)17-13(18)8-16(4,5)9-14(19)20/h6-7H,8-9H2,1-5H3,(H,17,18)(H,19,20). The lowest BCUT2D eigenvalue weighted by Crippen LogP contribution is -2.25. The van der Waals surface area contributed by atoms with Crippen molar-refractivity contribution in [2.75, 3.05) is 5.32 Å². The highest BCUT2D eigenvalue weighted by atomic mass is 16.4. The number of amides is 1. The molecule has 0 saturated carbocycles. The predicted molar refractivity (Wildman–Crippen MR) is 79.9 cm³/mol. The second-order valence-corrected chi connectivity index (χ2v) is 6.23. The molecule has 0 atom stereocenters. The molecular weight excluding hydrogens is 254 g/mol. The highest BCUT2D eigenvalue weighted by molar-refractivity contribution is 5.93. The Kier molecular flexibility index (Phi) is 4.93. The Morgan fingerprint density at radius 1 is 1.10 bits per heavy atom. The molecule has 0 aliphatic heterocycles. The molecule has 0 aliphatic rings. The van der Waals surface area contributed by atoms with Gasteiger partial charge in [-0.3, -0.25) is 9.59 Å². The minimum Gasteiger partial charge on any atom is -0.481 e. The molecule has 4 nitrogen and oxygen atoms in total. The molecule has 0 radical (unpaired) electrons. The lowest BCUT2D eigenvalue weighted by Gasteiger charge is -2.22. The zero-order chi connectivity index (χ0) is 15.5. The van der Waals surface area contributed by atoms with Crippen LogP contribution in [0.1, 0.15) is 43.4 Å². The first kappa shape index (κ1) is 16.2. The summed E-state index contributed by atoms with van der Waals surface area (Å²) in [5.74, 6) is -1.03. The topological polar surface area (TPSA) is 66.4 Å². The lowest BCUT2D eigenvalue weighted by molar-refractivity contribution is -0.139. The first-order valence-electron chi connectivity index (χ1n) is 6.70. The van der Waals surface area contributed by atoms with Crippen LogP contribution in [0.5, 0.6) is 0 Å². The van der Waals surface area contributed by atoms with Crippen molar-refractivity contribution in [3.05, 3.63) is 28.8 Å². The van der Waals surface area contributed by atoms with Crippen LogP contribution in [0.2, 0.25) is 0 Å². The van der Waals surface area contributed by atoms with Gasteiger partial charge >= 0.3 is 5.97 Å². The van der Waals surface area contributed by atoms with E-state index in [9.17, 15) is 9.59 Å². The largest absolute Gasteiger partial charge is 0.481 e. The highest BCUT2D eigenvalue weighted by Gasteiger charge is 2.25. The fourth-order valence-electron chi connectivity index (χ4n) is 2.47. The summed E-state index contributed by atoms with van der Waals surface area (Å²) < 4.78 is 0. The Balaban J connectivity index is 2.79. The van der Waals surface area contributed by atoms with Gasteiger partial charge in [0.1, 0.15) is 0 Å². The van der Waals surface area contributed by atoms with Crippen LogP contribution >= 0.6 is 0 Å². The molecule has 0 saturated heterocycles. The van der Waals surface area contributed by atoms with Crippen molar-refractivity contribution in [3.8, 4) is 0 Å². The highest BCUT2D eigenvalue weighted by Crippen LogP contribution is 2.27. The van der Waals surface area contributed by atoms with Crippen molar-refractivity contribution in [1.82, 2.24) is 0 Å². The van der Waals surface area contributed by atoms with Crippen molar-refractivity contribution in [2.24, 2.45) is 5.41 Å². The van der Waals surface area contributed by atoms with Crippen LogP contribution in [0.3, 0.4) is 0 Å². The Bertz CT molecular complexity index is 510. The van der Waals surface area contributed by atoms with Crippen molar-refractivity contribution in [1.29, 1.82) is 0 Å². The molecule has 1 aromatic carbocycles. The average molecular weight is 277 g/mol. The van der Waals surface area contributed by atoms with E-state index in [0.717, 1.165) is 22.4 Å². The number of carboxylic acid groups (broad SMARTS) is 1. The summed E-state index contributed by atoms with van der Waals surface area (Å²) in [6.07, 6.45) is 0.165. The molecule has 0 heterocycles. The van der Waals surface area contributed by atoms with Crippen molar-refractivity contribution in [2.45, 2.75) is 47.5 Å². The number of aliphatic carboxylic acids is 1. The summed E-state index contributed by atoms with van der Waals surface area (Å²) in [5.41, 5.74) is 3.47. The second kappa shape index (κ2) is 6.07. The zero-order valence-corrected chi connectivity index (χ0v) is 12.8. The predicted octanol–water partition coefficient (Wildman–Crippen LogP) is 3.44. The van der Waals surface area contributed by atoms with Crippen LogP contribution < -0.4 is 5.32 Å². The lowest BCUT2D eigenvalue weighted by atomic mass is 9.85. The fourth-order valence-corrected chi connectivity index (χ4v) is 2.47. The van der Waals surface area contributed by atoms with Gasteiger partial charge in [0.05, 0.1) is 6.42 Å². The van der Waals surface area contributed by atoms with E-state index in [1.165, 1.54) is 0 Å². The number of carbonyl (C=O) groups is 2. The van der Waals surface area contributed by atoms with Gasteiger partial charge in [0.2, 0.25) is 5.91 Å². The van der Waals surface area contributed by atoms with Crippen LogP contribution in [0.15, 0.2) is 12.1 Å². The van der Waals surface area contributed by atoms with Crippen molar-refractivity contribution in [3.63, 3.8) is 0 Å². The zero-order valence-electron chi connectivity index (χ0n) is 12.8. The number of hydrogen-bond donors (Lipinski definition) is 2. The first-order chi connectivity index (χ1) is 9.10. The SMILES string of the molecule is Cc1cc(C)c(NC(=O)CC(C)(C)CC(=O)O)c(C)c1. The summed E-state index contributed by atoms with van der Waals surface area (Å²) in [4.78, 5) is 22.9. The Morgan fingerprint density at radius 2 is 1.60 bits per heavy atom. The molecule has 0 aromatic heterocycles. The van der Waals surface area contributed by atoms with Crippen LogP contribution in [0.4, 0.5) is 5.69 Å². The van der Waals surface area contributed by atoms with Gasteiger partial charge in [0.25, 0.3) is 0 Å². The Labute approximate surface area is 120 Å². The number of carbonyl (C=O) groups excluding carboxylic acids is 1. The van der Waals surface area contributed by atoms with Gasteiger partial charge in [0.15, 0.2) is 0 Å². The molecule has 20 heavy (non-hydrogen) atoms. The number of benzene rings is 1. The molecule has 0 unspecified atom stereocenters. The molecule has 1 aromatic rings. The van der Waals surface area contributed by atoms with Gasteiger partial charge in [0, 0.05) is 12.1 Å². The maximum Gasteiger partial charge on any atom is 0.303 e. The summed E-state index contributed by atoms with van der Waals surface area (Å²) >= 11 is 0. The summed E-state index contributed by atoms with van der Waals surface area (Å²) in [6.45, 7) is 9.50. The Morgan fingerprint density at radius 3 is 2.05 bits per heavy atom. The van der Waals surface area contributed by atoms with E-state index in [0.29, 0.717) is 0 Å². The maximum atomic E-state index is 12.1. The van der Waals surface area contributed by atoms with E-state index in [1.54, 1.807) is 13.8 Å². The molecular formula is C16H23NO3. The molecule has 4 heteroatoms. The quantitative estimate of drug-likeness (QED) is 0.866. The first-order valence-corrected chi connectivity index (χ1v) is 6.70. The van der Waals surface area contributed by atoms with Gasteiger partial charge in [-0.1, -0.05) is 31.5 Å². The van der Waals surface area contributed by atoms with Crippen LogP contribution in [0.25, 0.3) is 0 Å². The number of nitrogens with one attached hydrogen (secondary N) is 1. The van der Waals surface area contributed by atoms with E-state index in [-0.39, 0.29) is 18.7 Å². The van der Waals surface area contributed by atoms with E-state index in [1.807, 2.05) is 32.9 Å². The third-order valence-electron chi connectivity index (χ3n) is 3.21. The number of carboxylic acids is 1. The second-order valence-electron chi connectivity index (χ2n) is 6.23. The molecule has 2 N–H and O–H groups in total. The summed E-state index contributed by atoms with van der Waals surface area (Å²) in [6, 6.07) is 4.04. The molecule has 0 aliphatic carbocycles. The smallest absolute Gasteiger partial charge is 0.303 e. The molecule has 1 rings (SSSR count).